The summed E-state index contributed by atoms with van der Waals surface area (Å²) in [5, 5.41) is 12.5. The van der Waals surface area contributed by atoms with Gasteiger partial charge < -0.3 is 15.3 Å². The molecule has 0 radical (unpaired) electrons. The van der Waals surface area contributed by atoms with Crippen LogP contribution < -0.4 is 5.32 Å². The van der Waals surface area contributed by atoms with E-state index in [9.17, 15) is 27.5 Å². The zero-order valence-electron chi connectivity index (χ0n) is 18.7. The lowest BCUT2D eigenvalue weighted by atomic mass is 10.0. The second kappa shape index (κ2) is 9.41. The Morgan fingerprint density at radius 2 is 2.03 bits per heavy atom. The van der Waals surface area contributed by atoms with Gasteiger partial charge in [0.15, 0.2) is 14.6 Å². The zero-order chi connectivity index (χ0) is 24.0. The van der Waals surface area contributed by atoms with Crippen molar-refractivity contribution in [1.82, 2.24) is 14.8 Å². The first-order valence-corrected chi connectivity index (χ1v) is 12.3. The van der Waals surface area contributed by atoms with E-state index < -0.39 is 32.4 Å². The highest BCUT2D eigenvalue weighted by atomic mass is 35.5. The van der Waals surface area contributed by atoms with Crippen LogP contribution in [-0.2, 0) is 21.2 Å². The van der Waals surface area contributed by atoms with Crippen LogP contribution in [0.4, 0.5) is 9.18 Å². The molecule has 0 spiro atoms. The Morgan fingerprint density at radius 1 is 1.32 bits per heavy atom. The van der Waals surface area contributed by atoms with Gasteiger partial charge in [-0.1, -0.05) is 17.9 Å². The van der Waals surface area contributed by atoms with Gasteiger partial charge in [-0.15, -0.1) is 12.4 Å². The standard InChI is InChI=1S/C23H24FN3O5S.ClH/c1-23(21(28)29,33(2,31)32)7-8-26-14-18-10-17(13-27(18)22(26)30)19-6-5-15(9-20(19)24)3-4-16-11-25-12-16;/h5-6,9-10,13,16,25H,7-8,11-12,14H2,1-2H3,(H,28,29);1H. The summed E-state index contributed by atoms with van der Waals surface area (Å²) < 4.78 is 38.1. The summed E-state index contributed by atoms with van der Waals surface area (Å²) in [6.07, 6.45) is 2.17. The monoisotopic (exact) mass is 509 g/mol. The van der Waals surface area contributed by atoms with Crippen molar-refractivity contribution in [3.63, 3.8) is 0 Å². The number of carbonyl (C=O) groups is 2. The lowest BCUT2D eigenvalue weighted by Crippen LogP contribution is -2.45. The molecule has 34 heavy (non-hydrogen) atoms. The maximum absolute atomic E-state index is 14.7. The molecule has 8 nitrogen and oxygen atoms in total. The van der Waals surface area contributed by atoms with Gasteiger partial charge in [0, 0.05) is 60.4 Å². The molecule has 0 saturated carbocycles. The van der Waals surface area contributed by atoms with E-state index in [0.717, 1.165) is 26.3 Å². The van der Waals surface area contributed by atoms with Crippen molar-refractivity contribution in [1.29, 1.82) is 0 Å². The minimum absolute atomic E-state index is 0. The summed E-state index contributed by atoms with van der Waals surface area (Å²) in [6.45, 7) is 2.98. The molecule has 1 atom stereocenters. The molecule has 2 N–H and O–H groups in total. The molecule has 3 heterocycles. The predicted molar refractivity (Wildman–Crippen MR) is 127 cm³/mol. The van der Waals surface area contributed by atoms with E-state index in [0.29, 0.717) is 28.3 Å². The number of rotatable bonds is 6. The number of nitrogens with one attached hydrogen (secondary N) is 1. The minimum Gasteiger partial charge on any atom is -0.480 e. The second-order valence-electron chi connectivity index (χ2n) is 8.67. The first-order valence-electron chi connectivity index (χ1n) is 10.5. The molecule has 1 aromatic heterocycles. The minimum atomic E-state index is -3.88. The fourth-order valence-electron chi connectivity index (χ4n) is 3.75. The van der Waals surface area contributed by atoms with Gasteiger partial charge in [-0.3, -0.25) is 9.36 Å². The average Bonchev–Trinajstić information content (AvgIpc) is 3.23. The van der Waals surface area contributed by atoms with Crippen LogP contribution in [-0.4, -0.2) is 65.6 Å². The highest BCUT2D eigenvalue weighted by Gasteiger charge is 2.44. The number of aromatic nitrogens is 1. The van der Waals surface area contributed by atoms with Crippen LogP contribution in [0.2, 0.25) is 0 Å². The van der Waals surface area contributed by atoms with Crippen LogP contribution in [0.5, 0.6) is 0 Å². The molecule has 1 saturated heterocycles. The number of carbonyl (C=O) groups excluding carboxylic acids is 1. The molecule has 1 aromatic carbocycles. The van der Waals surface area contributed by atoms with Gasteiger partial charge in [-0.05, 0) is 31.5 Å². The quantitative estimate of drug-likeness (QED) is 0.579. The Labute approximate surface area is 203 Å². The number of aliphatic carboxylic acids is 1. The van der Waals surface area contributed by atoms with Crippen molar-refractivity contribution < 1.29 is 27.5 Å². The van der Waals surface area contributed by atoms with E-state index in [4.69, 9.17) is 0 Å². The van der Waals surface area contributed by atoms with Crippen molar-refractivity contribution in [3.8, 4) is 23.0 Å². The van der Waals surface area contributed by atoms with Crippen molar-refractivity contribution in [3.05, 3.63) is 47.5 Å². The number of carboxylic acid groups (broad SMARTS) is 1. The largest absolute Gasteiger partial charge is 0.480 e. The summed E-state index contributed by atoms with van der Waals surface area (Å²) in [4.78, 5) is 25.7. The summed E-state index contributed by atoms with van der Waals surface area (Å²) in [7, 11) is -3.88. The van der Waals surface area contributed by atoms with E-state index in [1.807, 2.05) is 0 Å². The third kappa shape index (κ3) is 4.69. The fraction of sp³-hybridized carbons (Fsp3) is 0.391. The van der Waals surface area contributed by atoms with Gasteiger partial charge in [0.2, 0.25) is 0 Å². The first kappa shape index (κ1) is 25.7. The third-order valence-corrected chi connectivity index (χ3v) is 8.36. The molecule has 182 valence electrons. The van der Waals surface area contributed by atoms with Crippen molar-refractivity contribution in [2.75, 3.05) is 25.9 Å². The molecule has 0 aliphatic carbocycles. The number of hydrogen-bond donors (Lipinski definition) is 2. The Bertz CT molecular complexity index is 1310. The number of sulfone groups is 1. The number of amides is 1. The smallest absolute Gasteiger partial charge is 0.328 e. The molecule has 1 unspecified atom stereocenters. The molecule has 11 heteroatoms. The van der Waals surface area contributed by atoms with Crippen LogP contribution in [0.1, 0.15) is 24.6 Å². The molecular weight excluding hydrogens is 485 g/mol. The molecular formula is C23H25ClFN3O5S. The SMILES string of the molecule is CC(CCN1Cc2cc(-c3ccc(C#CC4CNC4)cc3F)cn2C1=O)(C(=O)O)S(C)(=O)=O.Cl. The number of fused-ring (bicyclic) bond motifs is 1. The molecule has 4 rings (SSSR count). The molecule has 1 amide bonds. The van der Waals surface area contributed by atoms with E-state index in [-0.39, 0.29) is 31.9 Å². The van der Waals surface area contributed by atoms with Crippen molar-refractivity contribution in [2.45, 2.75) is 24.6 Å². The third-order valence-electron chi connectivity index (χ3n) is 6.34. The summed E-state index contributed by atoms with van der Waals surface area (Å²) in [5.74, 6) is 4.48. The Hall–Kier alpha value is -2.87. The predicted octanol–water partition coefficient (Wildman–Crippen LogP) is 2.35. The average molecular weight is 510 g/mol. The van der Waals surface area contributed by atoms with Crippen LogP contribution in [0, 0.1) is 23.6 Å². The summed E-state index contributed by atoms with van der Waals surface area (Å²) in [5.41, 5.74) is 2.10. The lowest BCUT2D eigenvalue weighted by Gasteiger charge is -2.25. The van der Waals surface area contributed by atoms with Crippen LogP contribution >= 0.6 is 12.4 Å². The van der Waals surface area contributed by atoms with Gasteiger partial charge in [0.1, 0.15) is 5.82 Å². The van der Waals surface area contributed by atoms with Crippen molar-refractivity contribution >= 4 is 34.2 Å². The zero-order valence-corrected chi connectivity index (χ0v) is 20.3. The molecule has 2 aliphatic heterocycles. The Kier molecular flexibility index (Phi) is 7.12. The lowest BCUT2D eigenvalue weighted by molar-refractivity contribution is -0.139. The summed E-state index contributed by atoms with van der Waals surface area (Å²) >= 11 is 0. The van der Waals surface area contributed by atoms with Gasteiger partial charge in [0.25, 0.3) is 0 Å². The molecule has 0 bridgehead atoms. The fourth-order valence-corrected chi connectivity index (χ4v) is 4.53. The maximum atomic E-state index is 14.7. The van der Waals surface area contributed by atoms with Crippen molar-refractivity contribution in [2.24, 2.45) is 5.92 Å². The van der Waals surface area contributed by atoms with E-state index in [2.05, 4.69) is 17.2 Å². The van der Waals surface area contributed by atoms with Gasteiger partial charge in [0.05, 0.1) is 6.54 Å². The summed E-state index contributed by atoms with van der Waals surface area (Å²) in [6, 6.07) is 6.05. The number of nitrogens with zero attached hydrogens (tertiary/aromatic N) is 2. The van der Waals surface area contributed by atoms with Gasteiger partial charge >= 0.3 is 12.0 Å². The normalized spacial score (nSPS) is 17.1. The molecule has 1 fully saturated rings. The topological polar surface area (TPSA) is 109 Å². The number of halogens is 2. The highest BCUT2D eigenvalue weighted by molar-refractivity contribution is 7.92. The Morgan fingerprint density at radius 3 is 2.56 bits per heavy atom. The van der Waals surface area contributed by atoms with E-state index in [1.54, 1.807) is 18.2 Å². The van der Waals surface area contributed by atoms with Gasteiger partial charge in [-0.2, -0.15) is 0 Å². The first-order chi connectivity index (χ1) is 15.5. The highest BCUT2D eigenvalue weighted by Crippen LogP contribution is 2.30. The van der Waals surface area contributed by atoms with E-state index in [1.165, 1.54) is 21.7 Å². The number of benzene rings is 1. The Balaban J connectivity index is 0.00000324. The van der Waals surface area contributed by atoms with Crippen LogP contribution in [0.25, 0.3) is 11.1 Å². The second-order valence-corrected chi connectivity index (χ2v) is 11.1. The molecule has 2 aromatic rings. The van der Waals surface area contributed by atoms with E-state index >= 15 is 0 Å². The number of carboxylic acids is 1. The molecule has 2 aliphatic rings. The van der Waals surface area contributed by atoms with Crippen LogP contribution in [0.3, 0.4) is 0 Å². The van der Waals surface area contributed by atoms with Crippen LogP contribution in [0.15, 0.2) is 30.5 Å². The van der Waals surface area contributed by atoms with Gasteiger partial charge in [-0.25, -0.2) is 17.6 Å². The number of hydrogen-bond acceptors (Lipinski definition) is 5. The maximum Gasteiger partial charge on any atom is 0.328 e.